The standard InChI is InChI=1S/C8H14NO2/c10-6-3-8-1-4-9(7-11)5-2-8/h8,10H,1-6H2. The minimum atomic E-state index is 0.273. The summed E-state index contributed by atoms with van der Waals surface area (Å²) in [7, 11) is 0. The van der Waals surface area contributed by atoms with Crippen LogP contribution in [0.3, 0.4) is 0 Å². The molecule has 1 fully saturated rings. The van der Waals surface area contributed by atoms with Gasteiger partial charge in [-0.1, -0.05) is 0 Å². The number of piperidine rings is 1. The molecule has 63 valence electrons. The first-order valence-corrected chi connectivity index (χ1v) is 4.10. The molecule has 3 nitrogen and oxygen atoms in total. The van der Waals surface area contributed by atoms with Gasteiger partial charge in [0, 0.05) is 19.7 Å². The van der Waals surface area contributed by atoms with Crippen molar-refractivity contribution in [2.45, 2.75) is 19.3 Å². The minimum absolute atomic E-state index is 0.273. The van der Waals surface area contributed by atoms with Crippen molar-refractivity contribution in [3.63, 3.8) is 0 Å². The molecule has 0 unspecified atom stereocenters. The number of aliphatic hydroxyl groups is 1. The van der Waals surface area contributed by atoms with Gasteiger partial charge in [-0.25, -0.2) is 0 Å². The molecule has 0 aromatic heterocycles. The molecule has 0 aliphatic carbocycles. The van der Waals surface area contributed by atoms with E-state index in [1.807, 2.05) is 6.41 Å². The van der Waals surface area contributed by atoms with Crippen LogP contribution >= 0.6 is 0 Å². The molecule has 1 saturated heterocycles. The Labute approximate surface area is 67.0 Å². The van der Waals surface area contributed by atoms with Gasteiger partial charge in [0.15, 0.2) is 0 Å². The lowest BCUT2D eigenvalue weighted by molar-refractivity contribution is 0.201. The van der Waals surface area contributed by atoms with Crippen LogP contribution in [0.1, 0.15) is 19.3 Å². The molecule has 3 heteroatoms. The zero-order valence-electron chi connectivity index (χ0n) is 6.62. The summed E-state index contributed by atoms with van der Waals surface area (Å²) in [6.45, 7) is 1.90. The Hall–Kier alpha value is -0.570. The van der Waals surface area contributed by atoms with Crippen LogP contribution in [-0.2, 0) is 4.79 Å². The van der Waals surface area contributed by atoms with E-state index in [0.29, 0.717) is 5.92 Å². The summed E-state index contributed by atoms with van der Waals surface area (Å²) in [5.41, 5.74) is 0. The minimum Gasteiger partial charge on any atom is -0.396 e. The van der Waals surface area contributed by atoms with Crippen molar-refractivity contribution in [2.24, 2.45) is 5.92 Å². The summed E-state index contributed by atoms with van der Waals surface area (Å²) in [6.07, 6.45) is 4.82. The molecule has 11 heavy (non-hydrogen) atoms. The molecule has 1 aliphatic heterocycles. The third-order valence-corrected chi connectivity index (χ3v) is 2.28. The van der Waals surface area contributed by atoms with E-state index in [1.54, 1.807) is 4.90 Å². The predicted octanol–water partition coefficient (Wildman–Crippen LogP) is 0.148. The molecule has 1 heterocycles. The SMILES string of the molecule is O=[C]N1CCC(CCO)CC1. The maximum Gasteiger partial charge on any atom is 0.312 e. The van der Waals surface area contributed by atoms with Gasteiger partial charge in [0.25, 0.3) is 0 Å². The average molecular weight is 156 g/mol. The molecular weight excluding hydrogens is 142 g/mol. The summed E-state index contributed by atoms with van der Waals surface area (Å²) >= 11 is 0. The molecule has 0 atom stereocenters. The van der Waals surface area contributed by atoms with E-state index < -0.39 is 0 Å². The van der Waals surface area contributed by atoms with E-state index in [9.17, 15) is 4.79 Å². The largest absolute Gasteiger partial charge is 0.396 e. The normalized spacial score (nSPS) is 20.3. The fraction of sp³-hybridized carbons (Fsp3) is 0.875. The Morgan fingerprint density at radius 1 is 1.45 bits per heavy atom. The summed E-state index contributed by atoms with van der Waals surface area (Å²) in [5.74, 6) is 0.615. The first-order valence-electron chi connectivity index (χ1n) is 4.10. The number of nitrogens with zero attached hydrogens (tertiary/aromatic N) is 1. The predicted molar refractivity (Wildman–Crippen MR) is 41.7 cm³/mol. The number of likely N-dealkylation sites (tertiary alicyclic amines) is 1. The Morgan fingerprint density at radius 3 is 2.55 bits per heavy atom. The van der Waals surface area contributed by atoms with Crippen molar-refractivity contribution in [1.29, 1.82) is 0 Å². The molecule has 0 spiro atoms. The van der Waals surface area contributed by atoms with Crippen molar-refractivity contribution >= 4 is 6.41 Å². The quantitative estimate of drug-likeness (QED) is 0.631. The van der Waals surface area contributed by atoms with Gasteiger partial charge in [-0.2, -0.15) is 0 Å². The van der Waals surface area contributed by atoms with Crippen LogP contribution in [0, 0.1) is 5.92 Å². The highest BCUT2D eigenvalue weighted by molar-refractivity contribution is 5.48. The second kappa shape index (κ2) is 4.34. The lowest BCUT2D eigenvalue weighted by atomic mass is 9.94. The molecule has 0 saturated carbocycles. The second-order valence-electron chi connectivity index (χ2n) is 3.03. The molecule has 1 radical (unpaired) electrons. The molecule has 1 N–H and O–H groups in total. The fourth-order valence-corrected chi connectivity index (χ4v) is 1.50. The van der Waals surface area contributed by atoms with Crippen LogP contribution < -0.4 is 0 Å². The van der Waals surface area contributed by atoms with E-state index in [0.717, 1.165) is 32.4 Å². The van der Waals surface area contributed by atoms with Crippen molar-refractivity contribution in [3.05, 3.63) is 0 Å². The van der Waals surface area contributed by atoms with E-state index >= 15 is 0 Å². The number of amides is 1. The lowest BCUT2D eigenvalue weighted by Gasteiger charge is -2.27. The van der Waals surface area contributed by atoms with E-state index in [-0.39, 0.29) is 6.61 Å². The van der Waals surface area contributed by atoms with Crippen LogP contribution in [0.4, 0.5) is 0 Å². The molecule has 0 bridgehead atoms. The van der Waals surface area contributed by atoms with Crippen LogP contribution in [0.15, 0.2) is 0 Å². The number of aliphatic hydroxyl groups excluding tert-OH is 1. The van der Waals surface area contributed by atoms with Crippen molar-refractivity contribution in [1.82, 2.24) is 4.90 Å². The third kappa shape index (κ3) is 2.50. The fourth-order valence-electron chi connectivity index (χ4n) is 1.50. The van der Waals surface area contributed by atoms with Crippen LogP contribution in [0.5, 0.6) is 0 Å². The Morgan fingerprint density at radius 2 is 2.09 bits per heavy atom. The monoisotopic (exact) mass is 156 g/mol. The summed E-state index contributed by atoms with van der Waals surface area (Å²) < 4.78 is 0. The summed E-state index contributed by atoms with van der Waals surface area (Å²) in [6, 6.07) is 0. The highest BCUT2D eigenvalue weighted by Crippen LogP contribution is 2.18. The third-order valence-electron chi connectivity index (χ3n) is 2.28. The second-order valence-corrected chi connectivity index (χ2v) is 3.03. The van der Waals surface area contributed by atoms with Crippen LogP contribution in [-0.4, -0.2) is 36.1 Å². The molecular formula is C8H14NO2. The maximum absolute atomic E-state index is 10.2. The van der Waals surface area contributed by atoms with E-state index in [1.165, 1.54) is 0 Å². The summed E-state index contributed by atoms with van der Waals surface area (Å²) in [4.78, 5) is 11.9. The molecule has 0 aromatic rings. The topological polar surface area (TPSA) is 40.5 Å². The van der Waals surface area contributed by atoms with Gasteiger partial charge < -0.3 is 10.0 Å². The number of hydrogen-bond acceptors (Lipinski definition) is 2. The smallest absolute Gasteiger partial charge is 0.312 e. The lowest BCUT2D eigenvalue weighted by Crippen LogP contribution is -2.32. The highest BCUT2D eigenvalue weighted by Gasteiger charge is 2.17. The van der Waals surface area contributed by atoms with Gasteiger partial charge in [-0.15, -0.1) is 0 Å². The molecule has 0 aromatic carbocycles. The molecule has 1 rings (SSSR count). The first kappa shape index (κ1) is 8.53. The summed E-state index contributed by atoms with van der Waals surface area (Å²) in [5, 5.41) is 8.65. The zero-order chi connectivity index (χ0) is 8.10. The zero-order valence-corrected chi connectivity index (χ0v) is 6.62. The van der Waals surface area contributed by atoms with Gasteiger partial charge in [-0.05, 0) is 25.2 Å². The van der Waals surface area contributed by atoms with Gasteiger partial charge in [0.05, 0.1) is 0 Å². The Kier molecular flexibility index (Phi) is 3.36. The number of rotatable bonds is 3. The van der Waals surface area contributed by atoms with E-state index in [4.69, 9.17) is 5.11 Å². The first-order chi connectivity index (χ1) is 5.36. The highest BCUT2D eigenvalue weighted by atomic mass is 16.3. The van der Waals surface area contributed by atoms with Crippen LogP contribution in [0.2, 0.25) is 0 Å². The number of hydrogen-bond donors (Lipinski definition) is 1. The number of carbonyl (C=O) groups excluding carboxylic acids is 1. The average Bonchev–Trinajstić information content (AvgIpc) is 2.07. The van der Waals surface area contributed by atoms with Crippen LogP contribution in [0.25, 0.3) is 0 Å². The van der Waals surface area contributed by atoms with Gasteiger partial charge >= 0.3 is 6.41 Å². The maximum atomic E-state index is 10.2. The van der Waals surface area contributed by atoms with Gasteiger partial charge in [0.2, 0.25) is 0 Å². The molecule has 1 amide bonds. The molecule has 1 aliphatic rings. The van der Waals surface area contributed by atoms with Crippen molar-refractivity contribution in [2.75, 3.05) is 19.7 Å². The van der Waals surface area contributed by atoms with Crippen molar-refractivity contribution in [3.8, 4) is 0 Å². The Balaban J connectivity index is 2.18. The van der Waals surface area contributed by atoms with E-state index in [2.05, 4.69) is 0 Å². The van der Waals surface area contributed by atoms with Crippen molar-refractivity contribution < 1.29 is 9.90 Å². The van der Waals surface area contributed by atoms with Gasteiger partial charge in [0.1, 0.15) is 0 Å². The Bertz CT molecular complexity index is 119. The van der Waals surface area contributed by atoms with Gasteiger partial charge in [-0.3, -0.25) is 4.79 Å².